The monoisotopic (exact) mass is 339 g/mol. The Morgan fingerprint density at radius 3 is 2.88 bits per heavy atom. The molecule has 0 saturated carbocycles. The van der Waals surface area contributed by atoms with Crippen LogP contribution in [-0.4, -0.2) is 15.3 Å². The summed E-state index contributed by atoms with van der Waals surface area (Å²) in [5.74, 6) is -0.840. The van der Waals surface area contributed by atoms with Gasteiger partial charge in [-0.1, -0.05) is 12.1 Å². The van der Waals surface area contributed by atoms with Gasteiger partial charge >= 0.3 is 0 Å². The first-order valence-electron chi connectivity index (χ1n) is 7.10. The molecule has 0 radical (unpaired) electrons. The number of amides is 1. The van der Waals surface area contributed by atoms with Crippen LogP contribution in [0.1, 0.15) is 9.67 Å². The van der Waals surface area contributed by atoms with Gasteiger partial charge in [0, 0.05) is 11.9 Å². The van der Waals surface area contributed by atoms with E-state index in [2.05, 4.69) is 10.3 Å². The number of carbonyl (C=O) groups is 1. The fourth-order valence-electron chi connectivity index (χ4n) is 2.42. The normalized spacial score (nSPS) is 11.0. The van der Waals surface area contributed by atoms with Gasteiger partial charge in [-0.25, -0.2) is 9.37 Å². The number of hydrogen-bond acceptors (Lipinski definition) is 4. The van der Waals surface area contributed by atoms with Crippen molar-refractivity contribution in [3.63, 3.8) is 0 Å². The molecule has 0 spiro atoms. The molecule has 24 heavy (non-hydrogen) atoms. The van der Waals surface area contributed by atoms with Crippen LogP contribution < -0.4 is 10.9 Å². The number of nitrogens with one attached hydrogen (secondary N) is 1. The van der Waals surface area contributed by atoms with Gasteiger partial charge < -0.3 is 5.32 Å². The van der Waals surface area contributed by atoms with E-state index in [1.54, 1.807) is 30.5 Å². The largest absolute Gasteiger partial charge is 0.321 e. The Morgan fingerprint density at radius 1 is 1.17 bits per heavy atom. The molecule has 5 nitrogen and oxygen atoms in total. The Hall–Kier alpha value is -3.06. The van der Waals surface area contributed by atoms with E-state index in [-0.39, 0.29) is 5.56 Å². The number of benzene rings is 1. The zero-order valence-corrected chi connectivity index (χ0v) is 13.0. The number of rotatable bonds is 2. The Labute approximate surface area is 139 Å². The van der Waals surface area contributed by atoms with Crippen molar-refractivity contribution in [3.8, 4) is 0 Å². The molecule has 1 aromatic carbocycles. The standard InChI is InChI=1S/C17H10FN3O2S/c18-10-4-3-5-11(8-10)19-15(22)13-9-12-16(24-13)20-14-6-1-2-7-21(14)17(12)23/h1-9H,(H,19,22). The number of carbonyl (C=O) groups excluding carboxylic acids is 1. The molecule has 4 aromatic rings. The van der Waals surface area contributed by atoms with E-state index in [1.807, 2.05) is 0 Å². The van der Waals surface area contributed by atoms with Gasteiger partial charge in [0.1, 0.15) is 16.3 Å². The van der Waals surface area contributed by atoms with Crippen LogP contribution in [-0.2, 0) is 0 Å². The lowest BCUT2D eigenvalue weighted by molar-refractivity contribution is 0.103. The van der Waals surface area contributed by atoms with Gasteiger partial charge in [0.05, 0.1) is 10.3 Å². The van der Waals surface area contributed by atoms with E-state index < -0.39 is 11.7 Å². The van der Waals surface area contributed by atoms with E-state index in [0.717, 1.165) is 11.3 Å². The molecule has 0 atom stereocenters. The summed E-state index contributed by atoms with van der Waals surface area (Å²) in [6, 6.07) is 12.4. The predicted molar refractivity (Wildman–Crippen MR) is 91.2 cm³/mol. The summed E-state index contributed by atoms with van der Waals surface area (Å²) in [5.41, 5.74) is 0.651. The summed E-state index contributed by atoms with van der Waals surface area (Å²) in [4.78, 5) is 30.1. The lowest BCUT2D eigenvalue weighted by atomic mass is 10.3. The summed E-state index contributed by atoms with van der Waals surface area (Å²) in [6.07, 6.45) is 1.63. The Bertz CT molecular complexity index is 1150. The zero-order chi connectivity index (χ0) is 16.7. The number of fused-ring (bicyclic) bond motifs is 2. The van der Waals surface area contributed by atoms with Crippen LogP contribution in [0.5, 0.6) is 0 Å². The van der Waals surface area contributed by atoms with Crippen molar-refractivity contribution in [3.05, 3.63) is 75.8 Å². The SMILES string of the molecule is O=C(Nc1cccc(F)c1)c1cc2c(=O)n3ccccc3nc2s1. The topological polar surface area (TPSA) is 63.5 Å². The number of hydrogen-bond donors (Lipinski definition) is 1. The number of nitrogens with zero attached hydrogens (tertiary/aromatic N) is 2. The van der Waals surface area contributed by atoms with Gasteiger partial charge in [0.15, 0.2) is 0 Å². The minimum absolute atomic E-state index is 0.225. The van der Waals surface area contributed by atoms with Crippen molar-refractivity contribution in [2.75, 3.05) is 5.32 Å². The van der Waals surface area contributed by atoms with E-state index >= 15 is 0 Å². The highest BCUT2D eigenvalue weighted by atomic mass is 32.1. The Balaban J connectivity index is 1.77. The van der Waals surface area contributed by atoms with Gasteiger partial charge in [-0.2, -0.15) is 0 Å². The Morgan fingerprint density at radius 2 is 2.04 bits per heavy atom. The second kappa shape index (κ2) is 5.54. The van der Waals surface area contributed by atoms with Gasteiger partial charge in [0.2, 0.25) is 0 Å². The number of halogens is 1. The fraction of sp³-hybridized carbons (Fsp3) is 0. The van der Waals surface area contributed by atoms with E-state index in [0.29, 0.717) is 26.4 Å². The van der Waals surface area contributed by atoms with Crippen LogP contribution in [0.3, 0.4) is 0 Å². The van der Waals surface area contributed by atoms with Crippen molar-refractivity contribution >= 4 is 38.8 Å². The van der Waals surface area contributed by atoms with Crippen molar-refractivity contribution in [1.82, 2.24) is 9.38 Å². The highest BCUT2D eigenvalue weighted by Gasteiger charge is 2.15. The third-order valence-corrected chi connectivity index (χ3v) is 4.55. The molecule has 4 rings (SSSR count). The number of aromatic nitrogens is 2. The number of pyridine rings is 1. The lowest BCUT2D eigenvalue weighted by Crippen LogP contribution is -2.13. The van der Waals surface area contributed by atoms with Crippen molar-refractivity contribution < 1.29 is 9.18 Å². The van der Waals surface area contributed by atoms with Gasteiger partial charge in [-0.3, -0.25) is 14.0 Å². The quantitative estimate of drug-likeness (QED) is 0.609. The third kappa shape index (κ3) is 2.44. The molecule has 0 saturated heterocycles. The average Bonchev–Trinajstić information content (AvgIpc) is 3.00. The van der Waals surface area contributed by atoms with Crippen LogP contribution in [0, 0.1) is 5.82 Å². The van der Waals surface area contributed by atoms with Crippen molar-refractivity contribution in [1.29, 1.82) is 0 Å². The summed E-state index contributed by atoms with van der Waals surface area (Å²) in [7, 11) is 0. The third-order valence-electron chi connectivity index (χ3n) is 3.52. The molecule has 118 valence electrons. The van der Waals surface area contributed by atoms with Crippen LogP contribution in [0.4, 0.5) is 10.1 Å². The minimum atomic E-state index is -0.435. The molecule has 7 heteroatoms. The first-order valence-corrected chi connectivity index (χ1v) is 7.91. The minimum Gasteiger partial charge on any atom is -0.321 e. The zero-order valence-electron chi connectivity index (χ0n) is 12.2. The van der Waals surface area contributed by atoms with Gasteiger partial charge in [-0.15, -0.1) is 11.3 Å². The number of anilines is 1. The molecule has 1 N–H and O–H groups in total. The van der Waals surface area contributed by atoms with Gasteiger partial charge in [-0.05, 0) is 36.4 Å². The van der Waals surface area contributed by atoms with Crippen LogP contribution in [0.15, 0.2) is 59.5 Å². The predicted octanol–water partition coefficient (Wildman–Crippen LogP) is 3.30. The summed E-state index contributed by atoms with van der Waals surface area (Å²) in [5, 5.41) is 3.00. The van der Waals surface area contributed by atoms with E-state index in [9.17, 15) is 14.0 Å². The molecule has 0 unspecified atom stereocenters. The highest BCUT2D eigenvalue weighted by Crippen LogP contribution is 2.23. The fourth-order valence-corrected chi connectivity index (χ4v) is 3.34. The molecule has 0 aliphatic rings. The van der Waals surface area contributed by atoms with Crippen LogP contribution in [0.2, 0.25) is 0 Å². The second-order valence-corrected chi connectivity index (χ2v) is 6.17. The maximum Gasteiger partial charge on any atom is 0.266 e. The molecule has 0 fully saturated rings. The highest BCUT2D eigenvalue weighted by molar-refractivity contribution is 7.20. The lowest BCUT2D eigenvalue weighted by Gasteiger charge is -2.02. The maximum atomic E-state index is 13.2. The van der Waals surface area contributed by atoms with Gasteiger partial charge in [0.25, 0.3) is 11.5 Å². The van der Waals surface area contributed by atoms with E-state index in [1.165, 1.54) is 28.7 Å². The summed E-state index contributed by atoms with van der Waals surface area (Å²) in [6.45, 7) is 0. The molecule has 1 amide bonds. The second-order valence-electron chi connectivity index (χ2n) is 5.14. The molecular weight excluding hydrogens is 329 g/mol. The molecule has 0 bridgehead atoms. The molecule has 0 aliphatic carbocycles. The molecular formula is C17H10FN3O2S. The Kier molecular flexibility index (Phi) is 3.35. The van der Waals surface area contributed by atoms with Crippen molar-refractivity contribution in [2.45, 2.75) is 0 Å². The first-order chi connectivity index (χ1) is 11.6. The maximum absolute atomic E-state index is 13.2. The van der Waals surface area contributed by atoms with Crippen molar-refractivity contribution in [2.24, 2.45) is 0 Å². The number of thiophene rings is 1. The average molecular weight is 339 g/mol. The summed E-state index contributed by atoms with van der Waals surface area (Å²) < 4.78 is 14.6. The summed E-state index contributed by atoms with van der Waals surface area (Å²) >= 11 is 1.13. The smallest absolute Gasteiger partial charge is 0.266 e. The van der Waals surface area contributed by atoms with Crippen LogP contribution in [0.25, 0.3) is 15.9 Å². The van der Waals surface area contributed by atoms with E-state index in [4.69, 9.17) is 0 Å². The molecule has 3 heterocycles. The van der Waals surface area contributed by atoms with Crippen LogP contribution >= 0.6 is 11.3 Å². The first kappa shape index (κ1) is 14.5. The molecule has 0 aliphatic heterocycles. The molecule has 3 aromatic heterocycles.